The Morgan fingerprint density at radius 2 is 1.85 bits per heavy atom. The van der Waals surface area contributed by atoms with E-state index in [4.69, 9.17) is 0 Å². The Morgan fingerprint density at radius 3 is 2.23 bits per heavy atom. The first-order valence-corrected chi connectivity index (χ1v) is 3.58. The molecule has 1 heterocycles. The number of aromatic nitrogens is 1. The molecular formula is C10H10ClNO. The van der Waals surface area contributed by atoms with Gasteiger partial charge in [-0.1, -0.05) is 19.2 Å². The second-order valence-electron chi connectivity index (χ2n) is 2.29. The molecule has 0 radical (unpaired) electrons. The third-order valence-electron chi connectivity index (χ3n) is 1.52. The maximum atomic E-state index is 11.0. The van der Waals surface area contributed by atoms with Gasteiger partial charge in [-0.25, -0.2) is 4.79 Å². The van der Waals surface area contributed by atoms with E-state index >= 15 is 0 Å². The second-order valence-corrected chi connectivity index (χ2v) is 2.29. The molecule has 3 heteroatoms. The summed E-state index contributed by atoms with van der Waals surface area (Å²) in [7, 11) is 0. The standard InChI is InChI=1S/C10H10NO.ClH/c1-3-9-5-7-11(8-6-9)10(12)4-2;/h3-8H,1-2H2;1H/q+1;/p-1. The molecule has 1 aromatic rings. The van der Waals surface area contributed by atoms with E-state index in [1.165, 1.54) is 10.6 Å². The van der Waals surface area contributed by atoms with Gasteiger partial charge in [0.05, 0.1) is 0 Å². The number of hydrogen-bond donors (Lipinski definition) is 0. The molecule has 0 aliphatic heterocycles. The lowest BCUT2D eigenvalue weighted by molar-refractivity contribution is -0.570. The zero-order valence-electron chi connectivity index (χ0n) is 7.11. The summed E-state index contributed by atoms with van der Waals surface area (Å²) in [6.45, 7) is 7.00. The first kappa shape index (κ1) is 11.6. The van der Waals surface area contributed by atoms with Crippen molar-refractivity contribution in [2.75, 3.05) is 0 Å². The molecule has 0 saturated carbocycles. The Balaban J connectivity index is 0.00000144. The van der Waals surface area contributed by atoms with Crippen LogP contribution >= 0.6 is 0 Å². The summed E-state index contributed by atoms with van der Waals surface area (Å²) in [6.07, 6.45) is 6.36. The van der Waals surface area contributed by atoms with Crippen LogP contribution < -0.4 is 17.0 Å². The lowest BCUT2D eigenvalue weighted by atomic mass is 10.3. The largest absolute Gasteiger partial charge is 1.00 e. The van der Waals surface area contributed by atoms with Crippen LogP contribution in [-0.4, -0.2) is 5.91 Å². The molecule has 1 aromatic heterocycles. The first-order valence-electron chi connectivity index (χ1n) is 3.58. The zero-order valence-corrected chi connectivity index (χ0v) is 7.87. The molecule has 68 valence electrons. The first-order chi connectivity index (χ1) is 5.77. The fraction of sp³-hybridized carbons (Fsp3) is 0. The van der Waals surface area contributed by atoms with Crippen LogP contribution in [0.1, 0.15) is 10.4 Å². The van der Waals surface area contributed by atoms with E-state index in [-0.39, 0.29) is 18.3 Å². The summed E-state index contributed by atoms with van der Waals surface area (Å²) in [5.41, 5.74) is 0.989. The molecule has 0 bridgehead atoms. The van der Waals surface area contributed by atoms with Crippen LogP contribution in [0.5, 0.6) is 0 Å². The predicted molar refractivity (Wildman–Crippen MR) is 47.6 cm³/mol. The smallest absolute Gasteiger partial charge is 0.416 e. The van der Waals surface area contributed by atoms with Crippen molar-refractivity contribution in [3.05, 3.63) is 49.3 Å². The van der Waals surface area contributed by atoms with Gasteiger partial charge in [-0.15, -0.1) is 4.57 Å². The van der Waals surface area contributed by atoms with Crippen molar-refractivity contribution < 1.29 is 21.8 Å². The zero-order chi connectivity index (χ0) is 8.97. The van der Waals surface area contributed by atoms with Crippen LogP contribution in [-0.2, 0) is 0 Å². The van der Waals surface area contributed by atoms with Gasteiger partial charge in [0.25, 0.3) is 0 Å². The highest BCUT2D eigenvalue weighted by molar-refractivity contribution is 5.78. The third-order valence-corrected chi connectivity index (χ3v) is 1.52. The molecule has 0 fully saturated rings. The van der Waals surface area contributed by atoms with E-state index in [0.717, 1.165) is 5.56 Å². The summed E-state index contributed by atoms with van der Waals surface area (Å²) in [4.78, 5) is 11.0. The van der Waals surface area contributed by atoms with Crippen LogP contribution in [0.25, 0.3) is 6.08 Å². The van der Waals surface area contributed by atoms with E-state index in [0.29, 0.717) is 0 Å². The quantitative estimate of drug-likeness (QED) is 0.414. The van der Waals surface area contributed by atoms with E-state index in [9.17, 15) is 4.79 Å². The lowest BCUT2D eigenvalue weighted by Gasteiger charge is -1.89. The Hall–Kier alpha value is -1.41. The highest BCUT2D eigenvalue weighted by Crippen LogP contribution is 1.95. The van der Waals surface area contributed by atoms with Gasteiger partial charge in [-0.05, 0) is 5.56 Å². The van der Waals surface area contributed by atoms with E-state index < -0.39 is 0 Å². The maximum Gasteiger partial charge on any atom is 0.416 e. The van der Waals surface area contributed by atoms with Crippen molar-refractivity contribution in [2.45, 2.75) is 0 Å². The van der Waals surface area contributed by atoms with Crippen molar-refractivity contribution in [3.8, 4) is 0 Å². The fourth-order valence-corrected chi connectivity index (χ4v) is 0.826. The van der Waals surface area contributed by atoms with E-state index in [1.54, 1.807) is 18.5 Å². The lowest BCUT2D eigenvalue weighted by Crippen LogP contribution is -3.00. The van der Waals surface area contributed by atoms with Crippen LogP contribution in [0.15, 0.2) is 43.8 Å². The molecule has 0 saturated heterocycles. The molecule has 0 aromatic carbocycles. The highest BCUT2D eigenvalue weighted by atomic mass is 35.5. The number of hydrogen-bond acceptors (Lipinski definition) is 1. The van der Waals surface area contributed by atoms with Gasteiger partial charge in [0, 0.05) is 18.2 Å². The Bertz CT molecular complexity index is 316. The minimum absolute atomic E-state index is 0. The Morgan fingerprint density at radius 1 is 1.31 bits per heavy atom. The second kappa shape index (κ2) is 5.27. The minimum atomic E-state index is -0.134. The molecule has 0 N–H and O–H groups in total. The monoisotopic (exact) mass is 195 g/mol. The van der Waals surface area contributed by atoms with Crippen molar-refractivity contribution in [1.29, 1.82) is 0 Å². The van der Waals surface area contributed by atoms with Gasteiger partial charge in [-0.2, -0.15) is 0 Å². The SMILES string of the molecule is C=CC(=O)[n+]1ccc(C=C)cc1.[Cl-]. The maximum absolute atomic E-state index is 11.0. The van der Waals surface area contributed by atoms with Gasteiger partial charge in [0.15, 0.2) is 12.4 Å². The average Bonchev–Trinajstić information content (AvgIpc) is 2.17. The Kier molecular flexibility index (Phi) is 4.70. The molecule has 0 atom stereocenters. The molecule has 0 spiro atoms. The number of pyridine rings is 1. The van der Waals surface area contributed by atoms with Crippen molar-refractivity contribution in [3.63, 3.8) is 0 Å². The minimum Gasteiger partial charge on any atom is -1.00 e. The number of carbonyl (C=O) groups is 1. The van der Waals surface area contributed by atoms with Crippen molar-refractivity contribution in [2.24, 2.45) is 0 Å². The summed E-state index contributed by atoms with van der Waals surface area (Å²) in [5.74, 6) is -0.134. The molecule has 0 aliphatic carbocycles. The number of halogens is 1. The van der Waals surface area contributed by atoms with E-state index in [1.807, 2.05) is 12.1 Å². The molecule has 0 aliphatic rings. The van der Waals surface area contributed by atoms with Crippen LogP contribution in [0.3, 0.4) is 0 Å². The topological polar surface area (TPSA) is 20.9 Å². The summed E-state index contributed by atoms with van der Waals surface area (Å²) in [6, 6.07) is 3.63. The average molecular weight is 196 g/mol. The number of nitrogens with zero attached hydrogens (tertiary/aromatic N) is 1. The van der Waals surface area contributed by atoms with E-state index in [2.05, 4.69) is 13.2 Å². The predicted octanol–water partition coefficient (Wildman–Crippen LogP) is -1.55. The van der Waals surface area contributed by atoms with Crippen LogP contribution in [0, 0.1) is 0 Å². The molecular weight excluding hydrogens is 186 g/mol. The summed E-state index contributed by atoms with van der Waals surface area (Å²) >= 11 is 0. The van der Waals surface area contributed by atoms with Gasteiger partial charge in [0.2, 0.25) is 0 Å². The van der Waals surface area contributed by atoms with Crippen molar-refractivity contribution >= 4 is 12.0 Å². The van der Waals surface area contributed by atoms with Gasteiger partial charge < -0.3 is 12.4 Å². The molecule has 0 unspecified atom stereocenters. The molecule has 13 heavy (non-hydrogen) atoms. The summed E-state index contributed by atoms with van der Waals surface area (Å²) < 4.78 is 1.46. The van der Waals surface area contributed by atoms with Gasteiger partial charge >= 0.3 is 5.91 Å². The highest BCUT2D eigenvalue weighted by Gasteiger charge is 2.06. The van der Waals surface area contributed by atoms with Crippen LogP contribution in [0.4, 0.5) is 0 Å². The molecule has 2 nitrogen and oxygen atoms in total. The Labute approximate surface area is 83.6 Å². The number of allylic oxidation sites excluding steroid dienone is 1. The normalized spacial score (nSPS) is 8.31. The number of carbonyl (C=O) groups excluding carboxylic acids is 1. The van der Waals surface area contributed by atoms with Crippen molar-refractivity contribution in [1.82, 2.24) is 0 Å². The molecule has 0 amide bonds. The van der Waals surface area contributed by atoms with Gasteiger partial charge in [0.1, 0.15) is 0 Å². The molecule has 1 rings (SSSR count). The van der Waals surface area contributed by atoms with Crippen LogP contribution in [0.2, 0.25) is 0 Å². The summed E-state index contributed by atoms with van der Waals surface area (Å²) in [5, 5.41) is 0. The third kappa shape index (κ3) is 2.84. The fourth-order valence-electron chi connectivity index (χ4n) is 0.826. The number of rotatable bonds is 2. The van der Waals surface area contributed by atoms with Gasteiger partial charge in [-0.3, -0.25) is 0 Å².